The quantitative estimate of drug-likeness (QED) is 0.01000. The first kappa shape index (κ1) is 103. The highest BCUT2D eigenvalue weighted by Gasteiger charge is 2.75. The lowest BCUT2D eigenvalue weighted by Gasteiger charge is -2.39. The monoisotopic (exact) mass is 1910 g/mol. The zero-order valence-corrected chi connectivity index (χ0v) is 71.4. The number of amides is 3. The van der Waals surface area contributed by atoms with E-state index in [1.807, 2.05) is 40.8 Å². The minimum absolute atomic E-state index is 0.0930. The second kappa shape index (κ2) is 40.2. The molecule has 11 aromatic rings. The standard InChI is InChI=1S/C46H32B2F12N4O8S.C37H27BF6N2O7S.C5H12O/c1-23-6-12-30(13-7-23)73(69,70)64-34-22-29(11-17-38(34)72-48)42(45(55,56)57,46(58,59)60)27-9-15-36(66)32(20-27)62-39(67)24-4-3-5-25(18-24)40(68)63-33-21-28(10-16-37(33)71-47)41(43(49,50)51,44(52,53)54)26-8-14-35(65)31(19-26)61-2;1-21-3-15-29(16-4-21)54(50,51)46-30-19-25(9-17-32(30)48)35(36(39,40)41,37(42,43)44)26-10-18-33(53-38)31(20-26)45-34(49)24-7-13-28(14-8-24)52-27-11-5-23(6-12-27)22(2)47;1-4-6-5(2)3/h3-22,61,64-66H,1-2H3,(H,62,67)(H,63,68);3-20,46,48H,1-2H3,(H,45,49);5H,4H2,1-3H3. The Morgan fingerprint density at radius 3 is 0.970 bits per heavy atom. The number of benzene rings is 11. The van der Waals surface area contributed by atoms with Crippen molar-refractivity contribution in [1.29, 1.82) is 0 Å². The van der Waals surface area contributed by atoms with E-state index in [9.17, 15) is 51.3 Å². The molecular weight excluding hydrogens is 1840 g/mol. The van der Waals surface area contributed by atoms with Gasteiger partial charge >= 0.3 is 61.2 Å². The topological polar surface area (TPSA) is 316 Å². The summed E-state index contributed by atoms with van der Waals surface area (Å²) in [7, 11) is 7.48. The number of carbonyl (C=O) groups excluding carboxylic acids is 4. The van der Waals surface area contributed by atoms with Crippen LogP contribution in [0.5, 0.6) is 46.0 Å². The van der Waals surface area contributed by atoms with E-state index in [1.54, 1.807) is 38.1 Å². The van der Waals surface area contributed by atoms with Crippen LogP contribution in [0.15, 0.2) is 240 Å². The van der Waals surface area contributed by atoms with E-state index in [1.165, 1.54) is 55.5 Å². The van der Waals surface area contributed by atoms with Crippen LogP contribution in [-0.2, 0) is 41.0 Å². The van der Waals surface area contributed by atoms with Crippen molar-refractivity contribution in [2.45, 2.75) is 111 Å². The van der Waals surface area contributed by atoms with Gasteiger partial charge in [-0.1, -0.05) is 77.9 Å². The first-order valence-corrected chi connectivity index (χ1v) is 41.2. The highest BCUT2D eigenvalue weighted by molar-refractivity contribution is 7.93. The van der Waals surface area contributed by atoms with Gasteiger partial charge in [0.1, 0.15) is 46.0 Å². The van der Waals surface area contributed by atoms with Gasteiger partial charge in [0.2, 0.25) is 16.2 Å². The summed E-state index contributed by atoms with van der Waals surface area (Å²) in [6.07, 6.45) is -36.9. The number of carbonyl (C=O) groups is 4. The molecule has 696 valence electrons. The molecule has 6 radical (unpaired) electrons. The van der Waals surface area contributed by atoms with Crippen LogP contribution in [0.4, 0.5) is 113 Å². The van der Waals surface area contributed by atoms with Crippen molar-refractivity contribution >= 4 is 102 Å². The third kappa shape index (κ3) is 22.1. The Labute approximate surface area is 750 Å². The van der Waals surface area contributed by atoms with Crippen LogP contribution in [0, 0.1) is 13.8 Å². The number of hydrogen-bond donors (Lipinski definition) is 9. The minimum Gasteiger partial charge on any atom is -0.566 e. The van der Waals surface area contributed by atoms with Crippen molar-refractivity contribution < 1.29 is 154 Å². The number of alkyl halides is 18. The van der Waals surface area contributed by atoms with Gasteiger partial charge in [-0.05, 0) is 239 Å². The highest BCUT2D eigenvalue weighted by atomic mass is 32.2. The van der Waals surface area contributed by atoms with E-state index in [4.69, 9.17) is 33.6 Å². The molecule has 0 spiro atoms. The second-order valence-corrected chi connectivity index (χ2v) is 32.5. The van der Waals surface area contributed by atoms with Crippen LogP contribution in [0.2, 0.25) is 0 Å². The largest absolute Gasteiger partial charge is 0.566 e. The van der Waals surface area contributed by atoms with Crippen molar-refractivity contribution in [2.24, 2.45) is 0 Å². The first-order valence-electron chi connectivity index (χ1n) is 38.3. The van der Waals surface area contributed by atoms with E-state index in [2.05, 4.69) is 24.6 Å². The molecule has 9 N–H and O–H groups in total. The Balaban J connectivity index is 0.000000292. The summed E-state index contributed by atoms with van der Waals surface area (Å²) in [5.74, 6) is -7.94. The number of halogens is 18. The molecule has 0 saturated heterocycles. The number of phenolic OH excluding ortho intramolecular Hbond substituents is 3. The average Bonchev–Trinajstić information content (AvgIpc) is 0.719. The normalized spacial score (nSPS) is 12.3. The lowest BCUT2D eigenvalue weighted by Crippen LogP contribution is -2.54. The number of aryl methyl sites for hydroxylation is 2. The lowest BCUT2D eigenvalue weighted by atomic mass is 9.72. The molecule has 11 aromatic carbocycles. The third-order valence-corrected chi connectivity index (χ3v) is 22.9. The maximum Gasteiger partial charge on any atom is 0.411 e. The molecule has 0 saturated carbocycles. The second-order valence-electron chi connectivity index (χ2n) is 29.2. The molecule has 0 unspecified atom stereocenters. The van der Waals surface area contributed by atoms with Gasteiger partial charge in [0.05, 0.1) is 50.0 Å². The molecule has 0 aliphatic carbocycles. The average molecular weight is 1910 g/mol. The molecule has 0 atom stereocenters. The molecule has 11 rings (SSSR count). The predicted molar refractivity (Wildman–Crippen MR) is 455 cm³/mol. The Morgan fingerprint density at radius 2 is 0.647 bits per heavy atom. The summed E-state index contributed by atoms with van der Waals surface area (Å²) >= 11 is 0. The van der Waals surface area contributed by atoms with Crippen molar-refractivity contribution in [3.05, 3.63) is 297 Å². The number of rotatable bonds is 27. The van der Waals surface area contributed by atoms with Crippen molar-refractivity contribution in [2.75, 3.05) is 44.4 Å². The molecule has 22 nitrogen and oxygen atoms in total. The van der Waals surface area contributed by atoms with E-state index in [-0.39, 0.29) is 52.3 Å². The number of phenols is 3. The summed E-state index contributed by atoms with van der Waals surface area (Å²) < 4.78 is 354. The molecule has 0 heterocycles. The van der Waals surface area contributed by atoms with Crippen LogP contribution in [-0.4, -0.2) is 137 Å². The van der Waals surface area contributed by atoms with Crippen LogP contribution in [0.25, 0.3) is 0 Å². The number of sulfonamides is 2. The fraction of sp³-hybridized carbons (Fsp3) is 0.205. The maximum absolute atomic E-state index is 15.4. The first-order chi connectivity index (χ1) is 61.9. The van der Waals surface area contributed by atoms with Gasteiger partial charge in [-0.15, -0.1) is 0 Å². The van der Waals surface area contributed by atoms with Gasteiger partial charge < -0.3 is 60.0 Å². The molecule has 133 heavy (non-hydrogen) atoms. The summed E-state index contributed by atoms with van der Waals surface area (Å²) in [4.78, 5) is 51.1. The Hall–Kier alpha value is -13.7. The van der Waals surface area contributed by atoms with Gasteiger partial charge in [-0.25, -0.2) is 16.8 Å². The van der Waals surface area contributed by atoms with E-state index in [0.717, 1.165) is 62.2 Å². The van der Waals surface area contributed by atoms with Crippen LogP contribution in [0.3, 0.4) is 0 Å². The summed E-state index contributed by atoms with van der Waals surface area (Å²) in [6, 6.07) is 32.1. The fourth-order valence-corrected chi connectivity index (χ4v) is 15.8. The van der Waals surface area contributed by atoms with Crippen LogP contribution >= 0.6 is 0 Å². The molecule has 0 aliphatic heterocycles. The molecule has 0 aliphatic rings. The van der Waals surface area contributed by atoms with Crippen molar-refractivity contribution in [3.8, 4) is 46.0 Å². The Bertz CT molecular complexity index is 6290. The number of ether oxygens (including phenoxy) is 2. The van der Waals surface area contributed by atoms with Crippen molar-refractivity contribution in [3.63, 3.8) is 0 Å². The smallest absolute Gasteiger partial charge is 0.411 e. The zero-order chi connectivity index (χ0) is 98.9. The zero-order valence-electron chi connectivity index (χ0n) is 69.7. The van der Waals surface area contributed by atoms with E-state index < -0.39 is 209 Å². The maximum atomic E-state index is 15.4. The number of aromatic hydroxyl groups is 3. The summed E-state index contributed by atoms with van der Waals surface area (Å²) in [6.45, 7) is 11.6. The van der Waals surface area contributed by atoms with Gasteiger partial charge in [0.25, 0.3) is 37.8 Å². The number of Topliss-reactive ketones (excluding diaryl/α,β-unsaturated/α-hetero) is 1. The number of hydrogen-bond acceptors (Lipinski definition) is 17. The summed E-state index contributed by atoms with van der Waals surface area (Å²) in [5, 5.41) is 39.5. The fourth-order valence-electron chi connectivity index (χ4n) is 13.6. The highest BCUT2D eigenvalue weighted by Crippen LogP contribution is 2.62. The van der Waals surface area contributed by atoms with Crippen LogP contribution in [0.1, 0.15) is 114 Å². The van der Waals surface area contributed by atoms with Gasteiger partial charge in [-0.3, -0.25) is 28.6 Å². The van der Waals surface area contributed by atoms with E-state index in [0.29, 0.717) is 107 Å². The number of nitrogens with one attached hydrogen (secondary N) is 6. The lowest BCUT2D eigenvalue weighted by molar-refractivity contribution is -0.290. The van der Waals surface area contributed by atoms with Gasteiger partial charge in [0, 0.05) is 35.9 Å². The van der Waals surface area contributed by atoms with Gasteiger partial charge in [0.15, 0.2) is 5.78 Å². The molecule has 0 fully saturated rings. The summed E-state index contributed by atoms with van der Waals surface area (Å²) in [5.41, 5.74) is -28.7. The van der Waals surface area contributed by atoms with Crippen molar-refractivity contribution in [1.82, 2.24) is 0 Å². The molecule has 45 heteroatoms. The third-order valence-electron chi connectivity index (χ3n) is 20.1. The van der Waals surface area contributed by atoms with E-state index >= 15 is 79.0 Å². The Morgan fingerprint density at radius 1 is 0.361 bits per heavy atom. The Kier molecular flexibility index (Phi) is 31.1. The number of anilines is 6. The predicted octanol–water partition coefficient (Wildman–Crippen LogP) is 20.6. The molecule has 0 aromatic heterocycles. The van der Waals surface area contributed by atoms with Gasteiger partial charge in [-0.2, -0.15) is 79.0 Å². The molecule has 0 bridgehead atoms. The van der Waals surface area contributed by atoms with Crippen LogP contribution < -0.4 is 49.4 Å². The molecular formula is C88H71B3F18N6O16S2. The minimum atomic E-state index is -6.33. The number of ketones is 1. The SMILES string of the molecule is CCOC(C)C.[B]Oc1ccc(C(c2ccc(O)c(NC)c2)(C(F)(F)F)C(F)(F)F)cc1NC(=O)c1cccc(C(=O)Nc2cc(C(c3ccc(O[B])c(NS(=O)(=O)c4ccc(C)cc4)c3)(C(F)(F)F)C(F)(F)F)ccc2O)c1.[B]Oc1ccc(C(c2ccc(O)c(NS(=O)(=O)c3ccc(C)cc3)c2)(C(F)(F)F)C(F)(F)F)cc1NC(=O)c1ccc(Oc2ccc(C(C)=O)cc2)cc1. The molecule has 3 amide bonds.